The van der Waals surface area contributed by atoms with Gasteiger partial charge in [0.25, 0.3) is 0 Å². The third-order valence-electron chi connectivity index (χ3n) is 3.71. The molecule has 8 heteroatoms. The van der Waals surface area contributed by atoms with Crippen LogP contribution in [0.25, 0.3) is 16.9 Å². The molecule has 132 valence electrons. The second-order valence-corrected chi connectivity index (χ2v) is 5.94. The van der Waals surface area contributed by atoms with Crippen LogP contribution in [0.5, 0.6) is 0 Å². The molecule has 0 atom stereocenters. The van der Waals surface area contributed by atoms with Gasteiger partial charge >= 0.3 is 0 Å². The molecule has 3 heterocycles. The summed E-state index contributed by atoms with van der Waals surface area (Å²) < 4.78 is 1.81. The van der Waals surface area contributed by atoms with Crippen molar-refractivity contribution in [1.82, 2.24) is 24.7 Å². The zero-order valence-electron chi connectivity index (χ0n) is 14.1. The third kappa shape index (κ3) is 3.99. The van der Waals surface area contributed by atoms with E-state index < -0.39 is 0 Å². The standard InChI is InChI=1S/C19H14ClN7/c20-17-9-18(23-13-22-17)25-24-11-15-12-27(16-6-2-1-3-7-16)26-19(15)14-5-4-8-21-10-14/h1-13H,(H,22,23,25). The Morgan fingerprint density at radius 1 is 1.07 bits per heavy atom. The van der Waals surface area contributed by atoms with Crippen LogP contribution in [0.1, 0.15) is 5.56 Å². The van der Waals surface area contributed by atoms with E-state index in [0.717, 1.165) is 22.5 Å². The van der Waals surface area contributed by atoms with Gasteiger partial charge in [-0.2, -0.15) is 10.2 Å². The first-order chi connectivity index (χ1) is 13.3. The molecule has 3 aromatic heterocycles. The van der Waals surface area contributed by atoms with E-state index in [1.54, 1.807) is 24.7 Å². The molecule has 4 rings (SSSR count). The van der Waals surface area contributed by atoms with Crippen LogP contribution in [-0.2, 0) is 0 Å². The van der Waals surface area contributed by atoms with Gasteiger partial charge in [-0.15, -0.1) is 0 Å². The Morgan fingerprint density at radius 3 is 2.74 bits per heavy atom. The van der Waals surface area contributed by atoms with Gasteiger partial charge in [0.1, 0.15) is 17.2 Å². The van der Waals surface area contributed by atoms with Crippen molar-refractivity contribution in [3.63, 3.8) is 0 Å². The van der Waals surface area contributed by atoms with Crippen molar-refractivity contribution < 1.29 is 0 Å². The van der Waals surface area contributed by atoms with Crippen molar-refractivity contribution in [2.45, 2.75) is 0 Å². The monoisotopic (exact) mass is 375 g/mol. The summed E-state index contributed by atoms with van der Waals surface area (Å²) in [6, 6.07) is 15.3. The van der Waals surface area contributed by atoms with Gasteiger partial charge in [0.15, 0.2) is 5.82 Å². The Morgan fingerprint density at radius 2 is 1.96 bits per heavy atom. The fraction of sp³-hybridized carbons (Fsp3) is 0. The minimum absolute atomic E-state index is 0.343. The molecule has 4 aromatic rings. The Bertz CT molecular complexity index is 1060. The highest BCUT2D eigenvalue weighted by atomic mass is 35.5. The highest BCUT2D eigenvalue weighted by molar-refractivity contribution is 6.29. The topological polar surface area (TPSA) is 80.9 Å². The predicted octanol–water partition coefficient (Wildman–Crippen LogP) is 3.82. The number of hydrogen-bond donors (Lipinski definition) is 1. The summed E-state index contributed by atoms with van der Waals surface area (Å²) in [4.78, 5) is 12.1. The van der Waals surface area contributed by atoms with Gasteiger partial charge in [-0.05, 0) is 24.3 Å². The number of pyridine rings is 1. The number of nitrogens with zero attached hydrogens (tertiary/aromatic N) is 6. The lowest BCUT2D eigenvalue weighted by Crippen LogP contribution is -1.94. The molecule has 0 radical (unpaired) electrons. The summed E-state index contributed by atoms with van der Waals surface area (Å²) in [5.41, 5.74) is 6.31. The van der Waals surface area contributed by atoms with Crippen LogP contribution in [0.15, 0.2) is 78.6 Å². The Labute approximate surface area is 160 Å². The fourth-order valence-corrected chi connectivity index (χ4v) is 2.63. The van der Waals surface area contributed by atoms with Crippen LogP contribution in [0, 0.1) is 0 Å². The number of hydrogen-bond acceptors (Lipinski definition) is 6. The average Bonchev–Trinajstić information content (AvgIpc) is 3.14. The number of rotatable bonds is 5. The van der Waals surface area contributed by atoms with Crippen molar-refractivity contribution >= 4 is 23.6 Å². The van der Waals surface area contributed by atoms with Gasteiger partial charge in [-0.1, -0.05) is 29.8 Å². The lowest BCUT2D eigenvalue weighted by atomic mass is 10.1. The first kappa shape index (κ1) is 16.9. The first-order valence-electron chi connectivity index (χ1n) is 8.12. The van der Waals surface area contributed by atoms with Crippen molar-refractivity contribution in [3.8, 4) is 16.9 Å². The summed E-state index contributed by atoms with van der Waals surface area (Å²) in [7, 11) is 0. The first-order valence-corrected chi connectivity index (χ1v) is 8.49. The Kier molecular flexibility index (Phi) is 4.84. The molecular formula is C19H14ClN7. The lowest BCUT2D eigenvalue weighted by molar-refractivity contribution is 0.884. The van der Waals surface area contributed by atoms with E-state index in [1.165, 1.54) is 6.33 Å². The van der Waals surface area contributed by atoms with Crippen LogP contribution in [-0.4, -0.2) is 30.9 Å². The third-order valence-corrected chi connectivity index (χ3v) is 3.92. The second-order valence-electron chi connectivity index (χ2n) is 5.55. The maximum atomic E-state index is 5.85. The lowest BCUT2D eigenvalue weighted by Gasteiger charge is -2.00. The summed E-state index contributed by atoms with van der Waals surface area (Å²) >= 11 is 5.85. The van der Waals surface area contributed by atoms with E-state index in [2.05, 4.69) is 25.5 Å². The van der Waals surface area contributed by atoms with Gasteiger partial charge in [0, 0.05) is 35.8 Å². The molecule has 0 bridgehead atoms. The molecule has 0 unspecified atom stereocenters. The van der Waals surface area contributed by atoms with Gasteiger partial charge in [0.2, 0.25) is 0 Å². The van der Waals surface area contributed by atoms with Gasteiger partial charge in [-0.25, -0.2) is 14.6 Å². The largest absolute Gasteiger partial charge is 0.264 e. The molecule has 1 N–H and O–H groups in total. The van der Waals surface area contributed by atoms with Gasteiger partial charge in [-0.3, -0.25) is 10.4 Å². The molecular weight excluding hydrogens is 362 g/mol. The molecule has 0 saturated carbocycles. The van der Waals surface area contributed by atoms with E-state index in [1.807, 2.05) is 53.3 Å². The predicted molar refractivity (Wildman–Crippen MR) is 105 cm³/mol. The number of nitrogens with one attached hydrogen (secondary N) is 1. The van der Waals surface area contributed by atoms with Crippen LogP contribution >= 0.6 is 11.6 Å². The van der Waals surface area contributed by atoms with Gasteiger partial charge < -0.3 is 0 Å². The maximum absolute atomic E-state index is 5.85. The van der Waals surface area contributed by atoms with Crippen molar-refractivity contribution in [2.24, 2.45) is 5.10 Å². The summed E-state index contributed by atoms with van der Waals surface area (Å²) in [5, 5.41) is 9.29. The normalized spacial score (nSPS) is 11.0. The minimum Gasteiger partial charge on any atom is -0.264 e. The second kappa shape index (κ2) is 7.76. The molecule has 0 saturated heterocycles. The maximum Gasteiger partial charge on any atom is 0.151 e. The average molecular weight is 376 g/mol. The summed E-state index contributed by atoms with van der Waals surface area (Å²) in [6.45, 7) is 0. The van der Waals surface area contributed by atoms with Crippen LogP contribution in [0.4, 0.5) is 5.82 Å². The van der Waals surface area contributed by atoms with Crippen LogP contribution in [0.3, 0.4) is 0 Å². The number of halogens is 1. The number of benzene rings is 1. The SMILES string of the molecule is Clc1cc(NN=Cc2cn(-c3ccccc3)nc2-c2cccnc2)ncn1. The molecule has 0 aliphatic heterocycles. The van der Waals surface area contributed by atoms with Crippen molar-refractivity contribution in [1.29, 1.82) is 0 Å². The molecule has 0 spiro atoms. The van der Waals surface area contributed by atoms with E-state index >= 15 is 0 Å². The highest BCUT2D eigenvalue weighted by Crippen LogP contribution is 2.22. The van der Waals surface area contributed by atoms with Crippen LogP contribution in [0.2, 0.25) is 5.15 Å². The number of hydrazone groups is 1. The molecule has 0 aliphatic carbocycles. The summed E-state index contributed by atoms with van der Waals surface area (Å²) in [5.74, 6) is 0.504. The Balaban J connectivity index is 1.68. The molecule has 27 heavy (non-hydrogen) atoms. The summed E-state index contributed by atoms with van der Waals surface area (Å²) in [6.07, 6.45) is 8.47. The van der Waals surface area contributed by atoms with Crippen LogP contribution < -0.4 is 5.43 Å². The van der Waals surface area contributed by atoms with Gasteiger partial charge in [0.05, 0.1) is 11.9 Å². The Hall–Kier alpha value is -3.58. The quantitative estimate of drug-likeness (QED) is 0.326. The van der Waals surface area contributed by atoms with E-state index in [4.69, 9.17) is 16.7 Å². The highest BCUT2D eigenvalue weighted by Gasteiger charge is 2.11. The number of aromatic nitrogens is 5. The fourth-order valence-electron chi connectivity index (χ4n) is 2.48. The van der Waals surface area contributed by atoms with Crippen molar-refractivity contribution in [2.75, 3.05) is 5.43 Å². The molecule has 0 aliphatic rings. The van der Waals surface area contributed by atoms with E-state index in [9.17, 15) is 0 Å². The molecule has 7 nitrogen and oxygen atoms in total. The minimum atomic E-state index is 0.343. The van der Waals surface area contributed by atoms with E-state index in [0.29, 0.717) is 11.0 Å². The smallest absolute Gasteiger partial charge is 0.151 e. The van der Waals surface area contributed by atoms with E-state index in [-0.39, 0.29) is 0 Å². The van der Waals surface area contributed by atoms with Crippen molar-refractivity contribution in [3.05, 3.63) is 84.2 Å². The molecule has 0 fully saturated rings. The zero-order valence-corrected chi connectivity index (χ0v) is 14.8. The zero-order chi connectivity index (χ0) is 18.5. The number of anilines is 1. The molecule has 0 amide bonds. The number of para-hydroxylation sites is 1. The molecule has 1 aromatic carbocycles.